The number of nitrogens with zero attached hydrogens (tertiary/aromatic N) is 1. The zero-order chi connectivity index (χ0) is 20.1. The van der Waals surface area contributed by atoms with Gasteiger partial charge in [0.2, 0.25) is 0 Å². The van der Waals surface area contributed by atoms with Gasteiger partial charge in [0.1, 0.15) is 5.70 Å². The number of hydrogen-bond acceptors (Lipinski definition) is 7. The van der Waals surface area contributed by atoms with Crippen molar-refractivity contribution in [1.29, 1.82) is 0 Å². The van der Waals surface area contributed by atoms with Gasteiger partial charge in [0.15, 0.2) is 11.6 Å². The second-order valence-corrected chi connectivity index (χ2v) is 5.07. The molecule has 7 nitrogen and oxygen atoms in total. The molecule has 0 atom stereocenters. The van der Waals surface area contributed by atoms with Crippen LogP contribution >= 0.6 is 0 Å². The fourth-order valence-corrected chi connectivity index (χ4v) is 2.39. The van der Waals surface area contributed by atoms with Gasteiger partial charge in [0.25, 0.3) is 0 Å². The lowest BCUT2D eigenvalue weighted by Gasteiger charge is -2.25. The maximum atomic E-state index is 14.7. The number of carbonyl (C=O) groups excluding carboxylic acids is 3. The summed E-state index contributed by atoms with van der Waals surface area (Å²) in [5.41, 5.74) is -1.74. The highest BCUT2D eigenvalue weighted by Crippen LogP contribution is 2.33. The first-order chi connectivity index (χ1) is 12.9. The number of allylic oxidation sites excluding steroid dienone is 2. The molecule has 0 aromatic heterocycles. The first-order valence-corrected chi connectivity index (χ1v) is 7.48. The van der Waals surface area contributed by atoms with E-state index >= 15 is 0 Å². The van der Waals surface area contributed by atoms with E-state index in [0.29, 0.717) is 0 Å². The van der Waals surface area contributed by atoms with Crippen LogP contribution in [0.1, 0.15) is 10.4 Å². The van der Waals surface area contributed by atoms with Crippen LogP contribution in [0.4, 0.5) is 14.5 Å². The number of ether oxygens (including phenoxy) is 3. The summed E-state index contributed by atoms with van der Waals surface area (Å²) in [7, 11) is 3.19. The predicted molar refractivity (Wildman–Crippen MR) is 89.5 cm³/mol. The molecule has 1 aromatic carbocycles. The molecule has 0 radical (unpaired) electrons. The Balaban J connectivity index is 2.86. The van der Waals surface area contributed by atoms with E-state index in [1.807, 2.05) is 0 Å². The number of hydrogen-bond donors (Lipinski definition) is 0. The third kappa shape index (κ3) is 3.71. The highest BCUT2D eigenvalue weighted by atomic mass is 19.2. The molecular formula is C18H15F2NO6. The Labute approximate surface area is 153 Å². The van der Waals surface area contributed by atoms with Crippen molar-refractivity contribution in [1.82, 2.24) is 0 Å². The maximum absolute atomic E-state index is 14.7. The van der Waals surface area contributed by atoms with Crippen LogP contribution in [0.25, 0.3) is 0 Å². The summed E-state index contributed by atoms with van der Waals surface area (Å²) in [5, 5.41) is 0. The Hall–Kier alpha value is -3.49. The average molecular weight is 379 g/mol. The first kappa shape index (κ1) is 19.8. The third-order valence-electron chi connectivity index (χ3n) is 3.60. The lowest BCUT2D eigenvalue weighted by Crippen LogP contribution is -2.29. The van der Waals surface area contributed by atoms with Gasteiger partial charge in [-0.05, 0) is 24.3 Å². The van der Waals surface area contributed by atoms with E-state index in [2.05, 4.69) is 14.2 Å². The Bertz CT molecular complexity index is 888. The molecule has 142 valence electrons. The van der Waals surface area contributed by atoms with E-state index in [-0.39, 0.29) is 11.1 Å². The van der Waals surface area contributed by atoms with Crippen molar-refractivity contribution in [2.24, 2.45) is 0 Å². The van der Waals surface area contributed by atoms with Gasteiger partial charge in [-0.25, -0.2) is 23.2 Å². The van der Waals surface area contributed by atoms with Crippen molar-refractivity contribution in [3.8, 4) is 0 Å². The highest BCUT2D eigenvalue weighted by molar-refractivity contribution is 6.07. The normalized spacial score (nSPS) is 13.3. The summed E-state index contributed by atoms with van der Waals surface area (Å²) < 4.78 is 42.5. The summed E-state index contributed by atoms with van der Waals surface area (Å²) in [6.45, 7) is 0. The number of carbonyl (C=O) groups is 3. The van der Waals surface area contributed by atoms with Gasteiger partial charge in [0, 0.05) is 6.20 Å². The van der Waals surface area contributed by atoms with Gasteiger partial charge in [-0.15, -0.1) is 0 Å². The number of halogens is 2. The molecule has 0 bridgehead atoms. The Morgan fingerprint density at radius 1 is 0.889 bits per heavy atom. The average Bonchev–Trinajstić information content (AvgIpc) is 2.90. The van der Waals surface area contributed by atoms with Crippen LogP contribution in [0.5, 0.6) is 0 Å². The lowest BCUT2D eigenvalue weighted by atomic mass is 10.1. The predicted octanol–water partition coefficient (Wildman–Crippen LogP) is 2.24. The number of rotatable bonds is 4. The monoisotopic (exact) mass is 379 g/mol. The summed E-state index contributed by atoms with van der Waals surface area (Å²) in [6, 6.07) is 1.74. The topological polar surface area (TPSA) is 82.1 Å². The third-order valence-corrected chi connectivity index (χ3v) is 3.60. The molecule has 0 unspecified atom stereocenters. The summed E-state index contributed by atoms with van der Waals surface area (Å²) >= 11 is 0. The van der Waals surface area contributed by atoms with Crippen LogP contribution in [0.3, 0.4) is 0 Å². The molecular weight excluding hydrogens is 364 g/mol. The van der Waals surface area contributed by atoms with Crippen molar-refractivity contribution < 1.29 is 37.4 Å². The van der Waals surface area contributed by atoms with Crippen molar-refractivity contribution in [2.45, 2.75) is 0 Å². The number of esters is 3. The molecule has 1 aromatic rings. The molecule has 9 heteroatoms. The van der Waals surface area contributed by atoms with Crippen molar-refractivity contribution in [2.75, 3.05) is 26.2 Å². The second-order valence-electron chi connectivity index (χ2n) is 5.07. The fraction of sp³-hybridized carbons (Fsp3) is 0.167. The van der Waals surface area contributed by atoms with Crippen molar-refractivity contribution in [3.63, 3.8) is 0 Å². The van der Waals surface area contributed by atoms with Crippen LogP contribution in [-0.4, -0.2) is 39.2 Å². The number of anilines is 1. The molecule has 0 saturated heterocycles. The van der Waals surface area contributed by atoms with E-state index in [4.69, 9.17) is 0 Å². The van der Waals surface area contributed by atoms with Gasteiger partial charge in [-0.1, -0.05) is 6.08 Å². The molecule has 1 aliphatic rings. The minimum Gasteiger partial charge on any atom is -0.465 e. The van der Waals surface area contributed by atoms with E-state index in [1.54, 1.807) is 0 Å². The van der Waals surface area contributed by atoms with Crippen molar-refractivity contribution in [3.05, 3.63) is 65.0 Å². The molecule has 27 heavy (non-hydrogen) atoms. The Kier molecular flexibility index (Phi) is 6.07. The molecule has 1 heterocycles. The van der Waals surface area contributed by atoms with Gasteiger partial charge in [-0.2, -0.15) is 0 Å². The van der Waals surface area contributed by atoms with Gasteiger partial charge >= 0.3 is 17.9 Å². The summed E-state index contributed by atoms with van der Waals surface area (Å²) in [5.74, 6) is -5.62. The van der Waals surface area contributed by atoms with Gasteiger partial charge in [-0.3, -0.25) is 0 Å². The van der Waals surface area contributed by atoms with Crippen LogP contribution in [-0.2, 0) is 23.8 Å². The quantitative estimate of drug-likeness (QED) is 0.586. The SMILES string of the molecule is COC(=O)C1=C(C(=O)OC)N(c2c(C(=O)OC)ccc(F)c2F)C=CC=C1. The fourth-order valence-electron chi connectivity index (χ4n) is 2.39. The maximum Gasteiger partial charge on any atom is 0.355 e. The number of methoxy groups -OCH3 is 3. The second kappa shape index (κ2) is 8.26. The van der Waals surface area contributed by atoms with E-state index in [0.717, 1.165) is 38.4 Å². The van der Waals surface area contributed by atoms with Crippen LogP contribution in [0.15, 0.2) is 47.8 Å². The molecule has 2 rings (SSSR count). The van der Waals surface area contributed by atoms with Crippen LogP contribution in [0, 0.1) is 11.6 Å². The minimum absolute atomic E-state index is 0.283. The largest absolute Gasteiger partial charge is 0.465 e. The summed E-state index contributed by atoms with van der Waals surface area (Å²) in [4.78, 5) is 37.3. The molecule has 0 saturated carbocycles. The molecule has 0 spiro atoms. The zero-order valence-electron chi connectivity index (χ0n) is 14.6. The Morgan fingerprint density at radius 3 is 2.11 bits per heavy atom. The van der Waals surface area contributed by atoms with E-state index in [9.17, 15) is 23.2 Å². The summed E-state index contributed by atoms with van der Waals surface area (Å²) in [6.07, 6.45) is 5.14. The van der Waals surface area contributed by atoms with Gasteiger partial charge in [0.05, 0.1) is 38.2 Å². The van der Waals surface area contributed by atoms with Crippen LogP contribution in [0.2, 0.25) is 0 Å². The van der Waals surface area contributed by atoms with Crippen molar-refractivity contribution >= 4 is 23.6 Å². The Morgan fingerprint density at radius 2 is 1.52 bits per heavy atom. The van der Waals surface area contributed by atoms with Crippen LogP contribution < -0.4 is 4.90 Å². The van der Waals surface area contributed by atoms with E-state index < -0.39 is 40.9 Å². The highest BCUT2D eigenvalue weighted by Gasteiger charge is 2.32. The molecule has 1 aliphatic heterocycles. The minimum atomic E-state index is -1.42. The molecule has 0 amide bonds. The standard InChI is InChI=1S/C18H15F2NO6/c1-25-16(22)10-6-4-5-9-21(15(10)18(24)27-3)14-11(17(23)26-2)7-8-12(19)13(14)20/h4-9H,1-3H3. The molecule has 0 N–H and O–H groups in total. The lowest BCUT2D eigenvalue weighted by molar-refractivity contribution is -0.139. The first-order valence-electron chi connectivity index (χ1n) is 7.48. The van der Waals surface area contributed by atoms with Gasteiger partial charge < -0.3 is 19.1 Å². The zero-order valence-corrected chi connectivity index (χ0v) is 14.6. The smallest absolute Gasteiger partial charge is 0.355 e. The number of benzene rings is 1. The molecule has 0 fully saturated rings. The molecule has 0 aliphatic carbocycles. The van der Waals surface area contributed by atoms with E-state index in [1.165, 1.54) is 24.4 Å².